The lowest BCUT2D eigenvalue weighted by Gasteiger charge is -2.22. The highest BCUT2D eigenvalue weighted by molar-refractivity contribution is 6.31. The van der Waals surface area contributed by atoms with Crippen molar-refractivity contribution in [3.05, 3.63) is 44.9 Å². The molecule has 0 heterocycles. The standard InChI is InChI=1S/C16H20Cl2O4/c1-10(15-11(17)2-4-13(15)21-8-6-19)16-12(18)3-5-14(16)22-9-7-20/h4-5,10,19-20H,2-3,6-9H2,1H3. The summed E-state index contributed by atoms with van der Waals surface area (Å²) in [7, 11) is 0. The van der Waals surface area contributed by atoms with Gasteiger partial charge in [0.15, 0.2) is 0 Å². The molecular formula is C16H20Cl2O4. The number of rotatable bonds is 8. The van der Waals surface area contributed by atoms with Crippen LogP contribution in [0, 0.1) is 5.92 Å². The van der Waals surface area contributed by atoms with Crippen molar-refractivity contribution in [2.24, 2.45) is 5.92 Å². The van der Waals surface area contributed by atoms with Crippen molar-refractivity contribution < 1.29 is 19.7 Å². The van der Waals surface area contributed by atoms with Crippen LogP contribution in [0.25, 0.3) is 0 Å². The molecule has 0 bridgehead atoms. The predicted octanol–water partition coefficient (Wildman–Crippen LogP) is 3.20. The van der Waals surface area contributed by atoms with Crippen LogP contribution in [0.5, 0.6) is 0 Å². The van der Waals surface area contributed by atoms with Gasteiger partial charge in [-0.15, -0.1) is 0 Å². The average Bonchev–Trinajstić information content (AvgIpc) is 3.05. The third kappa shape index (κ3) is 3.69. The van der Waals surface area contributed by atoms with Crippen molar-refractivity contribution in [1.29, 1.82) is 0 Å². The van der Waals surface area contributed by atoms with Crippen molar-refractivity contribution in [2.75, 3.05) is 26.4 Å². The van der Waals surface area contributed by atoms with E-state index in [2.05, 4.69) is 0 Å². The summed E-state index contributed by atoms with van der Waals surface area (Å²) in [4.78, 5) is 0. The molecule has 0 radical (unpaired) electrons. The normalized spacial score (nSPS) is 18.3. The van der Waals surface area contributed by atoms with Gasteiger partial charge in [-0.1, -0.05) is 30.1 Å². The number of hydrogen-bond donors (Lipinski definition) is 2. The van der Waals surface area contributed by atoms with Gasteiger partial charge in [-0.25, -0.2) is 0 Å². The number of halogens is 2. The highest BCUT2D eigenvalue weighted by Crippen LogP contribution is 2.44. The topological polar surface area (TPSA) is 58.9 Å². The monoisotopic (exact) mass is 346 g/mol. The van der Waals surface area contributed by atoms with E-state index in [1.807, 2.05) is 19.1 Å². The predicted molar refractivity (Wildman–Crippen MR) is 86.4 cm³/mol. The van der Waals surface area contributed by atoms with Crippen LogP contribution >= 0.6 is 23.2 Å². The van der Waals surface area contributed by atoms with E-state index >= 15 is 0 Å². The van der Waals surface area contributed by atoms with Crippen LogP contribution in [0.2, 0.25) is 0 Å². The van der Waals surface area contributed by atoms with Gasteiger partial charge in [0.2, 0.25) is 0 Å². The Morgan fingerprint density at radius 3 is 1.73 bits per heavy atom. The summed E-state index contributed by atoms with van der Waals surface area (Å²) in [5.74, 6) is 1.30. The van der Waals surface area contributed by atoms with Crippen molar-refractivity contribution >= 4 is 23.2 Å². The van der Waals surface area contributed by atoms with Gasteiger partial charge in [-0.05, 0) is 12.2 Å². The minimum Gasteiger partial charge on any atom is -0.491 e. The summed E-state index contributed by atoms with van der Waals surface area (Å²) < 4.78 is 11.1. The van der Waals surface area contributed by atoms with Crippen LogP contribution in [0.15, 0.2) is 44.9 Å². The van der Waals surface area contributed by atoms with Crippen LogP contribution in [0.1, 0.15) is 19.8 Å². The molecule has 0 atom stereocenters. The van der Waals surface area contributed by atoms with Crippen LogP contribution in [-0.2, 0) is 9.47 Å². The maximum Gasteiger partial charge on any atom is 0.120 e. The molecule has 2 aliphatic carbocycles. The quantitative estimate of drug-likeness (QED) is 0.708. The third-order valence-electron chi connectivity index (χ3n) is 3.61. The summed E-state index contributed by atoms with van der Waals surface area (Å²) in [5, 5.41) is 19.3. The van der Waals surface area contributed by atoms with Gasteiger partial charge in [0, 0.05) is 40.0 Å². The number of hydrogen-bond acceptors (Lipinski definition) is 4. The molecule has 0 saturated heterocycles. The zero-order valence-corrected chi connectivity index (χ0v) is 14.0. The molecule has 2 N–H and O–H groups in total. The zero-order chi connectivity index (χ0) is 16.1. The van der Waals surface area contributed by atoms with E-state index in [1.165, 1.54) is 0 Å². The maximum absolute atomic E-state index is 8.93. The van der Waals surface area contributed by atoms with Gasteiger partial charge in [0.1, 0.15) is 24.7 Å². The molecule has 0 amide bonds. The van der Waals surface area contributed by atoms with Gasteiger partial charge < -0.3 is 19.7 Å². The van der Waals surface area contributed by atoms with E-state index < -0.39 is 0 Å². The van der Waals surface area contributed by atoms with Crippen LogP contribution in [-0.4, -0.2) is 36.6 Å². The van der Waals surface area contributed by atoms with Crippen LogP contribution < -0.4 is 0 Å². The molecule has 0 aromatic rings. The Kier molecular flexibility index (Phi) is 6.38. The van der Waals surface area contributed by atoms with Crippen molar-refractivity contribution in [3.8, 4) is 0 Å². The molecule has 2 aliphatic rings. The Morgan fingerprint density at radius 2 is 1.36 bits per heavy atom. The molecule has 4 nitrogen and oxygen atoms in total. The number of aliphatic hydroxyl groups is 2. The fraction of sp³-hybridized carbons (Fsp3) is 0.500. The first-order valence-electron chi connectivity index (χ1n) is 7.25. The lowest BCUT2D eigenvalue weighted by molar-refractivity contribution is 0.144. The number of ether oxygens (including phenoxy) is 2. The lowest BCUT2D eigenvalue weighted by Crippen LogP contribution is -2.12. The molecule has 0 spiro atoms. The Morgan fingerprint density at radius 1 is 0.955 bits per heavy atom. The molecule has 0 fully saturated rings. The van der Waals surface area contributed by atoms with Crippen molar-refractivity contribution in [2.45, 2.75) is 19.8 Å². The van der Waals surface area contributed by atoms with Gasteiger partial charge in [-0.3, -0.25) is 0 Å². The Labute approximate surface area is 140 Å². The van der Waals surface area contributed by atoms with E-state index in [0.29, 0.717) is 34.4 Å². The maximum atomic E-state index is 8.93. The van der Waals surface area contributed by atoms with Gasteiger partial charge >= 0.3 is 0 Å². The molecule has 2 rings (SSSR count). The van der Waals surface area contributed by atoms with E-state index in [9.17, 15) is 0 Å². The van der Waals surface area contributed by atoms with Crippen LogP contribution in [0.4, 0.5) is 0 Å². The smallest absolute Gasteiger partial charge is 0.120 e. The largest absolute Gasteiger partial charge is 0.491 e. The number of aliphatic hydroxyl groups excluding tert-OH is 2. The second kappa shape index (κ2) is 8.06. The molecule has 0 saturated carbocycles. The minimum absolute atomic E-state index is 0.0508. The summed E-state index contributed by atoms with van der Waals surface area (Å²) in [6, 6.07) is 0. The first-order chi connectivity index (χ1) is 10.6. The van der Waals surface area contributed by atoms with E-state index in [1.54, 1.807) is 0 Å². The van der Waals surface area contributed by atoms with Crippen molar-refractivity contribution in [3.63, 3.8) is 0 Å². The van der Waals surface area contributed by atoms with Crippen LogP contribution in [0.3, 0.4) is 0 Å². The van der Waals surface area contributed by atoms with E-state index in [-0.39, 0.29) is 32.3 Å². The molecule has 22 heavy (non-hydrogen) atoms. The first kappa shape index (κ1) is 17.4. The highest BCUT2D eigenvalue weighted by Gasteiger charge is 2.31. The lowest BCUT2D eigenvalue weighted by atomic mass is 9.92. The number of allylic oxidation sites excluding steroid dienone is 6. The second-order valence-electron chi connectivity index (χ2n) is 5.05. The molecule has 0 aromatic heterocycles. The summed E-state index contributed by atoms with van der Waals surface area (Å²) in [6.45, 7) is 2.35. The highest BCUT2D eigenvalue weighted by atomic mass is 35.5. The SMILES string of the molecule is CC(C1=C(Cl)CC=C1OCCO)C1=C(Cl)CC=C1OCCO. The summed E-state index contributed by atoms with van der Waals surface area (Å²) in [6.07, 6.45) is 5.04. The van der Waals surface area contributed by atoms with Gasteiger partial charge in [-0.2, -0.15) is 0 Å². The molecule has 122 valence electrons. The molecular weight excluding hydrogens is 327 g/mol. The molecule has 6 heteroatoms. The summed E-state index contributed by atoms with van der Waals surface area (Å²) >= 11 is 12.7. The second-order valence-corrected chi connectivity index (χ2v) is 5.96. The average molecular weight is 347 g/mol. The van der Waals surface area contributed by atoms with Crippen molar-refractivity contribution in [1.82, 2.24) is 0 Å². The first-order valence-corrected chi connectivity index (χ1v) is 8.01. The zero-order valence-electron chi connectivity index (χ0n) is 12.4. The summed E-state index contributed by atoms with van der Waals surface area (Å²) in [5.41, 5.74) is 1.76. The molecule has 0 unspecified atom stereocenters. The van der Waals surface area contributed by atoms with Gasteiger partial charge in [0.25, 0.3) is 0 Å². The minimum atomic E-state index is -0.0834. The van der Waals surface area contributed by atoms with E-state index in [4.69, 9.17) is 42.9 Å². The fourth-order valence-corrected chi connectivity index (χ4v) is 3.37. The molecule has 0 aromatic carbocycles. The molecule has 0 aliphatic heterocycles. The Hall–Kier alpha value is -0.940. The Bertz CT molecular complexity index is 498. The van der Waals surface area contributed by atoms with Gasteiger partial charge in [0.05, 0.1) is 13.2 Å². The third-order valence-corrected chi connectivity index (χ3v) is 4.33. The van der Waals surface area contributed by atoms with E-state index in [0.717, 1.165) is 11.1 Å². The Balaban J connectivity index is 2.20. The fourth-order valence-electron chi connectivity index (χ4n) is 2.70.